The van der Waals surface area contributed by atoms with Crippen LogP contribution in [0.1, 0.15) is 12.8 Å². The first-order valence-corrected chi connectivity index (χ1v) is 5.29. The van der Waals surface area contributed by atoms with Crippen LogP contribution >= 0.6 is 0 Å². The molecule has 0 atom stereocenters. The molecular formula is C10H22N2O3. The standard InChI is InChI=1S/C10H22N2O3/c1-11-10(13)9-12-5-3-4-6-15-8-7-14-2/h12H,3-9H2,1-2H3,(H,11,13). The van der Waals surface area contributed by atoms with Crippen molar-refractivity contribution in [3.05, 3.63) is 0 Å². The van der Waals surface area contributed by atoms with Gasteiger partial charge in [0.2, 0.25) is 5.91 Å². The van der Waals surface area contributed by atoms with Crippen LogP contribution in [0.3, 0.4) is 0 Å². The lowest BCUT2D eigenvalue weighted by molar-refractivity contribution is -0.119. The molecule has 0 bridgehead atoms. The summed E-state index contributed by atoms with van der Waals surface area (Å²) < 4.78 is 10.1. The first-order chi connectivity index (χ1) is 7.31. The van der Waals surface area contributed by atoms with Crippen LogP contribution in [-0.4, -0.2) is 53.0 Å². The van der Waals surface area contributed by atoms with E-state index < -0.39 is 0 Å². The highest BCUT2D eigenvalue weighted by Crippen LogP contribution is 1.88. The van der Waals surface area contributed by atoms with E-state index in [2.05, 4.69) is 10.6 Å². The smallest absolute Gasteiger partial charge is 0.233 e. The largest absolute Gasteiger partial charge is 0.382 e. The normalized spacial score (nSPS) is 10.3. The third-order valence-corrected chi connectivity index (χ3v) is 1.89. The van der Waals surface area contributed by atoms with E-state index in [-0.39, 0.29) is 5.91 Å². The Bertz CT molecular complexity index is 154. The Morgan fingerprint density at radius 3 is 2.67 bits per heavy atom. The number of carbonyl (C=O) groups is 1. The van der Waals surface area contributed by atoms with E-state index in [1.54, 1.807) is 14.2 Å². The van der Waals surface area contributed by atoms with Crippen molar-refractivity contribution in [3.63, 3.8) is 0 Å². The molecule has 15 heavy (non-hydrogen) atoms. The van der Waals surface area contributed by atoms with Gasteiger partial charge in [0, 0.05) is 20.8 Å². The van der Waals surface area contributed by atoms with Gasteiger partial charge in [-0.25, -0.2) is 0 Å². The fourth-order valence-corrected chi connectivity index (χ4v) is 0.989. The fraction of sp³-hybridized carbons (Fsp3) is 0.900. The topological polar surface area (TPSA) is 59.6 Å². The maximum Gasteiger partial charge on any atom is 0.233 e. The summed E-state index contributed by atoms with van der Waals surface area (Å²) in [4.78, 5) is 10.8. The molecule has 0 saturated carbocycles. The molecule has 5 heteroatoms. The number of nitrogens with one attached hydrogen (secondary N) is 2. The zero-order valence-corrected chi connectivity index (χ0v) is 9.67. The number of ether oxygens (including phenoxy) is 2. The van der Waals surface area contributed by atoms with Gasteiger partial charge < -0.3 is 20.1 Å². The molecule has 0 aliphatic rings. The lowest BCUT2D eigenvalue weighted by Crippen LogP contribution is -2.31. The number of carbonyl (C=O) groups excluding carboxylic acids is 1. The van der Waals surface area contributed by atoms with Crippen molar-refractivity contribution < 1.29 is 14.3 Å². The molecule has 0 spiro atoms. The van der Waals surface area contributed by atoms with E-state index >= 15 is 0 Å². The molecule has 90 valence electrons. The lowest BCUT2D eigenvalue weighted by atomic mass is 10.3. The van der Waals surface area contributed by atoms with Crippen molar-refractivity contribution >= 4 is 5.91 Å². The summed E-state index contributed by atoms with van der Waals surface area (Å²) in [5, 5.41) is 5.60. The SMILES string of the molecule is CNC(=O)CNCCCCOCCOC. The average Bonchev–Trinajstić information content (AvgIpc) is 2.26. The highest BCUT2D eigenvalue weighted by molar-refractivity contribution is 5.77. The Balaban J connectivity index is 2.95. The second-order valence-corrected chi connectivity index (χ2v) is 3.16. The molecule has 0 unspecified atom stereocenters. The summed E-state index contributed by atoms with van der Waals surface area (Å²) in [6.07, 6.45) is 2.02. The van der Waals surface area contributed by atoms with Gasteiger partial charge in [0.1, 0.15) is 0 Å². The Hall–Kier alpha value is -0.650. The van der Waals surface area contributed by atoms with Crippen LogP contribution in [0.4, 0.5) is 0 Å². The molecule has 0 saturated heterocycles. The maximum atomic E-state index is 10.8. The van der Waals surface area contributed by atoms with Crippen LogP contribution < -0.4 is 10.6 Å². The van der Waals surface area contributed by atoms with Crippen LogP contribution in [0, 0.1) is 0 Å². The highest BCUT2D eigenvalue weighted by Gasteiger charge is 1.95. The molecule has 0 heterocycles. The summed E-state index contributed by atoms with van der Waals surface area (Å²) in [5.41, 5.74) is 0. The Kier molecular flexibility index (Phi) is 10.9. The first-order valence-electron chi connectivity index (χ1n) is 5.29. The Labute approximate surface area is 91.5 Å². The molecule has 1 amide bonds. The van der Waals surface area contributed by atoms with Crippen molar-refractivity contribution in [2.75, 3.05) is 47.1 Å². The van der Waals surface area contributed by atoms with Crippen molar-refractivity contribution in [2.24, 2.45) is 0 Å². The average molecular weight is 218 g/mol. The third-order valence-electron chi connectivity index (χ3n) is 1.89. The summed E-state index contributed by atoms with van der Waals surface area (Å²) in [5.74, 6) is 0.0198. The van der Waals surface area contributed by atoms with Crippen LogP contribution in [0.25, 0.3) is 0 Å². The molecule has 5 nitrogen and oxygen atoms in total. The van der Waals surface area contributed by atoms with Gasteiger partial charge in [-0.15, -0.1) is 0 Å². The van der Waals surface area contributed by atoms with E-state index in [0.29, 0.717) is 19.8 Å². The monoisotopic (exact) mass is 218 g/mol. The summed E-state index contributed by atoms with van der Waals surface area (Å²) >= 11 is 0. The van der Waals surface area contributed by atoms with Gasteiger partial charge in [-0.1, -0.05) is 0 Å². The Morgan fingerprint density at radius 1 is 1.20 bits per heavy atom. The summed E-state index contributed by atoms with van der Waals surface area (Å²) in [6.45, 7) is 3.30. The molecule has 0 aromatic rings. The third kappa shape index (κ3) is 11.3. The van der Waals surface area contributed by atoms with E-state index in [9.17, 15) is 4.79 Å². The Morgan fingerprint density at radius 2 is 2.00 bits per heavy atom. The fourth-order valence-electron chi connectivity index (χ4n) is 0.989. The van der Waals surface area contributed by atoms with Gasteiger partial charge in [-0.2, -0.15) is 0 Å². The van der Waals surface area contributed by atoms with Crippen molar-refractivity contribution in [1.29, 1.82) is 0 Å². The number of rotatable bonds is 10. The van der Waals surface area contributed by atoms with Crippen LogP contribution in [-0.2, 0) is 14.3 Å². The van der Waals surface area contributed by atoms with Crippen molar-refractivity contribution in [1.82, 2.24) is 10.6 Å². The zero-order valence-electron chi connectivity index (χ0n) is 9.67. The minimum Gasteiger partial charge on any atom is -0.382 e. The van der Waals surface area contributed by atoms with Crippen molar-refractivity contribution in [3.8, 4) is 0 Å². The predicted molar refractivity (Wildman–Crippen MR) is 58.9 cm³/mol. The van der Waals surface area contributed by atoms with E-state index in [1.807, 2.05) is 0 Å². The molecule has 0 radical (unpaired) electrons. The van der Waals surface area contributed by atoms with E-state index in [1.165, 1.54) is 0 Å². The summed E-state index contributed by atoms with van der Waals surface area (Å²) in [6, 6.07) is 0. The van der Waals surface area contributed by atoms with Gasteiger partial charge >= 0.3 is 0 Å². The minimum absolute atomic E-state index is 0.0198. The number of amides is 1. The molecular weight excluding hydrogens is 196 g/mol. The van der Waals surface area contributed by atoms with E-state index in [4.69, 9.17) is 9.47 Å². The maximum absolute atomic E-state index is 10.8. The summed E-state index contributed by atoms with van der Waals surface area (Å²) in [7, 11) is 3.29. The van der Waals surface area contributed by atoms with Gasteiger partial charge in [-0.05, 0) is 19.4 Å². The minimum atomic E-state index is 0.0198. The number of methoxy groups -OCH3 is 1. The molecule has 0 aromatic carbocycles. The van der Waals surface area contributed by atoms with Gasteiger partial charge in [0.15, 0.2) is 0 Å². The number of unbranched alkanes of at least 4 members (excludes halogenated alkanes) is 1. The van der Waals surface area contributed by atoms with E-state index in [0.717, 1.165) is 26.0 Å². The second kappa shape index (κ2) is 11.4. The first kappa shape index (κ1) is 14.3. The number of hydrogen-bond donors (Lipinski definition) is 2. The molecule has 0 rings (SSSR count). The van der Waals surface area contributed by atoms with Gasteiger partial charge in [0.25, 0.3) is 0 Å². The van der Waals surface area contributed by atoms with Crippen LogP contribution in [0.15, 0.2) is 0 Å². The second-order valence-electron chi connectivity index (χ2n) is 3.16. The molecule has 0 aliphatic heterocycles. The molecule has 0 fully saturated rings. The predicted octanol–water partition coefficient (Wildman–Crippen LogP) is -0.235. The number of hydrogen-bond acceptors (Lipinski definition) is 4. The van der Waals surface area contributed by atoms with Crippen LogP contribution in [0.2, 0.25) is 0 Å². The molecule has 2 N–H and O–H groups in total. The van der Waals surface area contributed by atoms with Crippen LogP contribution in [0.5, 0.6) is 0 Å². The van der Waals surface area contributed by atoms with Gasteiger partial charge in [0.05, 0.1) is 19.8 Å². The highest BCUT2D eigenvalue weighted by atomic mass is 16.5. The molecule has 0 aromatic heterocycles. The lowest BCUT2D eigenvalue weighted by Gasteiger charge is -2.04. The zero-order chi connectivity index (χ0) is 11.4. The van der Waals surface area contributed by atoms with Crippen molar-refractivity contribution in [2.45, 2.75) is 12.8 Å². The molecule has 0 aliphatic carbocycles. The van der Waals surface area contributed by atoms with Gasteiger partial charge in [-0.3, -0.25) is 4.79 Å². The quantitative estimate of drug-likeness (QED) is 0.497. The number of likely N-dealkylation sites (N-methyl/N-ethyl adjacent to an activating group) is 1.